The number of rotatable bonds is 2. The number of aromatic nitrogens is 2. The van der Waals surface area contributed by atoms with E-state index in [1.807, 2.05) is 0 Å². The van der Waals surface area contributed by atoms with Crippen LogP contribution in [0.25, 0.3) is 11.0 Å². The molecular formula is C16H22BrN3. The number of aryl methyl sites for hydroxylation is 1. The van der Waals surface area contributed by atoms with E-state index in [4.69, 9.17) is 4.98 Å². The van der Waals surface area contributed by atoms with Gasteiger partial charge in [0.05, 0.1) is 11.0 Å². The fraction of sp³-hybridized carbons (Fsp3) is 0.562. The van der Waals surface area contributed by atoms with Gasteiger partial charge in [0.1, 0.15) is 5.82 Å². The van der Waals surface area contributed by atoms with Gasteiger partial charge in [0.25, 0.3) is 0 Å². The van der Waals surface area contributed by atoms with Crippen LogP contribution in [0.1, 0.15) is 32.5 Å². The number of nitrogens with one attached hydrogen (secondary N) is 1. The summed E-state index contributed by atoms with van der Waals surface area (Å²) in [6.45, 7) is 6.92. The predicted octanol–water partition coefficient (Wildman–Crippen LogP) is 3.61. The van der Waals surface area contributed by atoms with Crippen molar-refractivity contribution in [1.29, 1.82) is 0 Å². The molecule has 1 aromatic heterocycles. The van der Waals surface area contributed by atoms with Crippen molar-refractivity contribution in [2.45, 2.75) is 32.1 Å². The van der Waals surface area contributed by atoms with Gasteiger partial charge in [-0.05, 0) is 50.0 Å². The molecule has 1 fully saturated rings. The second-order valence-corrected chi connectivity index (χ2v) is 7.31. The van der Waals surface area contributed by atoms with Gasteiger partial charge in [-0.2, -0.15) is 0 Å². The third-order valence-electron chi connectivity index (χ3n) is 4.74. The van der Waals surface area contributed by atoms with Crippen molar-refractivity contribution >= 4 is 27.0 Å². The number of hydrogen-bond acceptors (Lipinski definition) is 2. The average molecular weight is 336 g/mol. The van der Waals surface area contributed by atoms with Crippen LogP contribution in [0.2, 0.25) is 0 Å². The fourth-order valence-corrected chi connectivity index (χ4v) is 3.75. The average Bonchev–Trinajstić information content (AvgIpc) is 2.77. The van der Waals surface area contributed by atoms with Crippen LogP contribution in [0.4, 0.5) is 0 Å². The summed E-state index contributed by atoms with van der Waals surface area (Å²) in [4.78, 5) is 4.93. The van der Waals surface area contributed by atoms with E-state index in [9.17, 15) is 0 Å². The second kappa shape index (κ2) is 5.15. The molecule has 0 aliphatic carbocycles. The van der Waals surface area contributed by atoms with Crippen LogP contribution < -0.4 is 5.32 Å². The molecule has 1 aliphatic rings. The Morgan fingerprint density at radius 3 is 2.90 bits per heavy atom. The van der Waals surface area contributed by atoms with Gasteiger partial charge in [0.15, 0.2) is 0 Å². The Morgan fingerprint density at radius 1 is 1.40 bits per heavy atom. The number of fused-ring (bicyclic) bond motifs is 1. The molecule has 2 heterocycles. The van der Waals surface area contributed by atoms with Gasteiger partial charge in [0.2, 0.25) is 0 Å². The first-order valence-corrected chi connectivity index (χ1v) is 8.12. The molecule has 1 unspecified atom stereocenters. The van der Waals surface area contributed by atoms with Gasteiger partial charge in [-0.3, -0.25) is 0 Å². The third kappa shape index (κ3) is 2.29. The van der Waals surface area contributed by atoms with Crippen LogP contribution in [0.5, 0.6) is 0 Å². The first-order chi connectivity index (χ1) is 9.50. The summed E-state index contributed by atoms with van der Waals surface area (Å²) in [5, 5.41) is 3.53. The molecule has 0 spiro atoms. The Balaban J connectivity index is 2.06. The second-order valence-electron chi connectivity index (χ2n) is 6.39. The van der Waals surface area contributed by atoms with Gasteiger partial charge in [-0.1, -0.05) is 29.8 Å². The van der Waals surface area contributed by atoms with E-state index in [1.165, 1.54) is 24.2 Å². The molecule has 1 aromatic carbocycles. The summed E-state index contributed by atoms with van der Waals surface area (Å²) < 4.78 is 3.35. The molecule has 20 heavy (non-hydrogen) atoms. The lowest BCUT2D eigenvalue weighted by Crippen LogP contribution is -2.42. The van der Waals surface area contributed by atoms with Crippen molar-refractivity contribution < 1.29 is 0 Å². The van der Waals surface area contributed by atoms with Gasteiger partial charge in [0, 0.05) is 16.9 Å². The van der Waals surface area contributed by atoms with Crippen LogP contribution in [0, 0.1) is 5.92 Å². The number of imidazole rings is 1. The molecule has 0 radical (unpaired) electrons. The zero-order valence-electron chi connectivity index (χ0n) is 12.4. The first kappa shape index (κ1) is 14.1. The molecule has 1 aliphatic heterocycles. The standard InChI is InChI=1S/C16H22BrN3/c1-16(2,11-5-4-8-18-10-11)15-19-13-9-12(17)6-7-14(13)20(15)3/h6-7,9,11,18H,4-5,8,10H2,1-3H3. The highest BCUT2D eigenvalue weighted by Gasteiger charge is 2.36. The summed E-state index contributed by atoms with van der Waals surface area (Å²) in [7, 11) is 2.14. The molecule has 2 aromatic rings. The van der Waals surface area contributed by atoms with E-state index in [-0.39, 0.29) is 5.41 Å². The minimum Gasteiger partial charge on any atom is -0.331 e. The molecule has 4 heteroatoms. The van der Waals surface area contributed by atoms with Crippen molar-refractivity contribution in [3.8, 4) is 0 Å². The summed E-state index contributed by atoms with van der Waals surface area (Å²) >= 11 is 3.53. The Morgan fingerprint density at radius 2 is 2.20 bits per heavy atom. The van der Waals surface area contributed by atoms with E-state index in [2.05, 4.69) is 64.9 Å². The van der Waals surface area contributed by atoms with E-state index in [0.29, 0.717) is 5.92 Å². The van der Waals surface area contributed by atoms with E-state index >= 15 is 0 Å². The van der Waals surface area contributed by atoms with Crippen molar-refractivity contribution in [3.63, 3.8) is 0 Å². The Hall–Kier alpha value is -0.870. The highest BCUT2D eigenvalue weighted by molar-refractivity contribution is 9.10. The highest BCUT2D eigenvalue weighted by Crippen LogP contribution is 2.36. The molecule has 1 atom stereocenters. The molecule has 3 rings (SSSR count). The minimum atomic E-state index is 0.0909. The molecule has 0 amide bonds. The molecule has 0 saturated carbocycles. The summed E-state index contributed by atoms with van der Waals surface area (Å²) in [5.41, 5.74) is 2.38. The highest BCUT2D eigenvalue weighted by atomic mass is 79.9. The maximum atomic E-state index is 4.93. The van der Waals surface area contributed by atoms with Crippen molar-refractivity contribution in [2.75, 3.05) is 13.1 Å². The largest absolute Gasteiger partial charge is 0.331 e. The molecule has 1 N–H and O–H groups in total. The third-order valence-corrected chi connectivity index (χ3v) is 5.23. The Bertz CT molecular complexity index is 624. The van der Waals surface area contributed by atoms with Gasteiger partial charge < -0.3 is 9.88 Å². The predicted molar refractivity (Wildman–Crippen MR) is 87.0 cm³/mol. The number of hydrogen-bond donors (Lipinski definition) is 1. The maximum Gasteiger partial charge on any atom is 0.115 e. The zero-order chi connectivity index (χ0) is 14.3. The number of piperidine rings is 1. The van der Waals surface area contributed by atoms with Crippen molar-refractivity contribution in [2.24, 2.45) is 13.0 Å². The molecule has 0 bridgehead atoms. The summed E-state index contributed by atoms with van der Waals surface area (Å²) in [6, 6.07) is 6.34. The number of benzene rings is 1. The van der Waals surface area contributed by atoms with Crippen LogP contribution in [0.3, 0.4) is 0 Å². The number of nitrogens with zero attached hydrogens (tertiary/aromatic N) is 2. The maximum absolute atomic E-state index is 4.93. The molecule has 3 nitrogen and oxygen atoms in total. The molecule has 108 valence electrons. The lowest BCUT2D eigenvalue weighted by atomic mass is 9.74. The Labute approximate surface area is 128 Å². The normalized spacial score (nSPS) is 20.5. The van der Waals surface area contributed by atoms with Crippen LogP contribution >= 0.6 is 15.9 Å². The molecule has 1 saturated heterocycles. The van der Waals surface area contributed by atoms with Crippen LogP contribution in [0.15, 0.2) is 22.7 Å². The van der Waals surface area contributed by atoms with Gasteiger partial charge in [-0.15, -0.1) is 0 Å². The first-order valence-electron chi connectivity index (χ1n) is 7.33. The van der Waals surface area contributed by atoms with Gasteiger partial charge >= 0.3 is 0 Å². The van der Waals surface area contributed by atoms with Crippen LogP contribution in [-0.4, -0.2) is 22.6 Å². The SMILES string of the molecule is Cn1c(C(C)(C)C2CCCNC2)nc2cc(Br)ccc21. The smallest absolute Gasteiger partial charge is 0.115 e. The fourth-order valence-electron chi connectivity index (χ4n) is 3.40. The van der Waals surface area contributed by atoms with E-state index < -0.39 is 0 Å². The minimum absolute atomic E-state index is 0.0909. The van der Waals surface area contributed by atoms with Crippen molar-refractivity contribution in [1.82, 2.24) is 14.9 Å². The molecular weight excluding hydrogens is 314 g/mol. The van der Waals surface area contributed by atoms with Crippen LogP contribution in [-0.2, 0) is 12.5 Å². The topological polar surface area (TPSA) is 29.9 Å². The van der Waals surface area contributed by atoms with Crippen molar-refractivity contribution in [3.05, 3.63) is 28.5 Å². The van der Waals surface area contributed by atoms with E-state index in [1.54, 1.807) is 0 Å². The lowest BCUT2D eigenvalue weighted by Gasteiger charge is -2.36. The summed E-state index contributed by atoms with van der Waals surface area (Å²) in [6.07, 6.45) is 2.55. The monoisotopic (exact) mass is 335 g/mol. The zero-order valence-corrected chi connectivity index (χ0v) is 14.0. The van der Waals surface area contributed by atoms with Gasteiger partial charge in [-0.25, -0.2) is 4.98 Å². The number of halogens is 1. The quantitative estimate of drug-likeness (QED) is 0.908. The Kier molecular flexibility index (Phi) is 3.63. The lowest BCUT2D eigenvalue weighted by molar-refractivity contribution is 0.238. The van der Waals surface area contributed by atoms with E-state index in [0.717, 1.165) is 23.1 Å². The summed E-state index contributed by atoms with van der Waals surface area (Å²) in [5.74, 6) is 1.84.